The third kappa shape index (κ3) is 5.99. The summed E-state index contributed by atoms with van der Waals surface area (Å²) in [5, 5.41) is 18.6. The van der Waals surface area contributed by atoms with Crippen molar-refractivity contribution in [2.75, 3.05) is 33.0 Å². The lowest BCUT2D eigenvalue weighted by Gasteiger charge is -2.26. The van der Waals surface area contributed by atoms with Crippen molar-refractivity contribution in [2.45, 2.75) is 25.9 Å². The van der Waals surface area contributed by atoms with E-state index in [1.807, 2.05) is 13.8 Å². The predicted octanol–water partition coefficient (Wildman–Crippen LogP) is 0.173. The van der Waals surface area contributed by atoms with Crippen molar-refractivity contribution in [3.63, 3.8) is 0 Å². The van der Waals surface area contributed by atoms with Crippen LogP contribution in [0.4, 0.5) is 0 Å². The van der Waals surface area contributed by atoms with Crippen LogP contribution in [0.2, 0.25) is 0 Å². The topological polar surface area (TPSA) is 58.9 Å². The van der Waals surface area contributed by atoms with Crippen molar-refractivity contribution in [2.24, 2.45) is 0 Å². The monoisotopic (exact) mass is 192 g/mol. The smallest absolute Gasteiger partial charge is 0.113 e. The minimum absolute atomic E-state index is 0.0589. The molecule has 80 valence electrons. The maximum atomic E-state index is 9.86. The minimum atomic E-state index is -1.04. The van der Waals surface area contributed by atoms with Gasteiger partial charge in [0.1, 0.15) is 5.60 Å². The molecule has 0 aliphatic carbocycles. The fraction of sp³-hybridized carbons (Fsp3) is 1.00. The van der Waals surface area contributed by atoms with Crippen molar-refractivity contribution in [3.8, 4) is 0 Å². The van der Waals surface area contributed by atoms with E-state index in [0.29, 0.717) is 13.2 Å². The Labute approximate surface area is 79.5 Å². The van der Waals surface area contributed by atoms with Gasteiger partial charge in [-0.05, 0) is 13.8 Å². The Hall–Kier alpha value is -0.160. The molecule has 0 saturated carbocycles. The Morgan fingerprint density at radius 1 is 1.08 bits per heavy atom. The van der Waals surface area contributed by atoms with Crippen LogP contribution in [0.3, 0.4) is 0 Å². The van der Waals surface area contributed by atoms with E-state index in [1.54, 1.807) is 0 Å². The van der Waals surface area contributed by atoms with Gasteiger partial charge in [-0.2, -0.15) is 0 Å². The summed E-state index contributed by atoms with van der Waals surface area (Å²) in [4.78, 5) is 0. The second kappa shape index (κ2) is 7.26. The second-order valence-corrected chi connectivity index (χ2v) is 2.97. The van der Waals surface area contributed by atoms with Gasteiger partial charge >= 0.3 is 0 Å². The third-order valence-corrected chi connectivity index (χ3v) is 1.73. The number of hydrogen-bond donors (Lipinski definition) is 2. The molecule has 0 fully saturated rings. The van der Waals surface area contributed by atoms with Gasteiger partial charge in [0.05, 0.1) is 13.2 Å². The van der Waals surface area contributed by atoms with Gasteiger partial charge in [0.15, 0.2) is 0 Å². The van der Waals surface area contributed by atoms with Gasteiger partial charge in [-0.1, -0.05) is 0 Å². The highest BCUT2D eigenvalue weighted by Crippen LogP contribution is 2.11. The summed E-state index contributed by atoms with van der Waals surface area (Å²) < 4.78 is 10.2. The molecule has 0 radical (unpaired) electrons. The maximum Gasteiger partial charge on any atom is 0.113 e. The SMILES string of the molecule is CCOCC(O)(CCO)COCC. The zero-order valence-electron chi connectivity index (χ0n) is 8.45. The lowest BCUT2D eigenvalue weighted by molar-refractivity contribution is -0.102. The highest BCUT2D eigenvalue weighted by atomic mass is 16.5. The van der Waals surface area contributed by atoms with Crippen LogP contribution in [0, 0.1) is 0 Å². The molecular weight excluding hydrogens is 172 g/mol. The van der Waals surface area contributed by atoms with E-state index >= 15 is 0 Å². The van der Waals surface area contributed by atoms with E-state index < -0.39 is 5.60 Å². The average molecular weight is 192 g/mol. The molecule has 0 spiro atoms. The summed E-state index contributed by atoms with van der Waals surface area (Å²) >= 11 is 0. The van der Waals surface area contributed by atoms with Gasteiger partial charge in [0, 0.05) is 26.2 Å². The molecule has 0 aromatic carbocycles. The van der Waals surface area contributed by atoms with Gasteiger partial charge in [-0.25, -0.2) is 0 Å². The van der Waals surface area contributed by atoms with Crippen LogP contribution >= 0.6 is 0 Å². The van der Waals surface area contributed by atoms with Crippen LogP contribution in [-0.2, 0) is 9.47 Å². The van der Waals surface area contributed by atoms with Crippen molar-refractivity contribution in [1.82, 2.24) is 0 Å². The molecule has 13 heavy (non-hydrogen) atoms. The first kappa shape index (κ1) is 12.8. The molecule has 0 unspecified atom stereocenters. The summed E-state index contributed by atoms with van der Waals surface area (Å²) in [5.41, 5.74) is -1.04. The summed E-state index contributed by atoms with van der Waals surface area (Å²) in [6, 6.07) is 0. The Bertz CT molecular complexity index is 108. The second-order valence-electron chi connectivity index (χ2n) is 2.97. The molecule has 0 heterocycles. The van der Waals surface area contributed by atoms with Crippen molar-refractivity contribution < 1.29 is 19.7 Å². The van der Waals surface area contributed by atoms with Crippen LogP contribution in [-0.4, -0.2) is 48.8 Å². The molecule has 0 aromatic rings. The molecule has 0 aliphatic rings. The molecule has 0 rings (SSSR count). The molecule has 0 aliphatic heterocycles. The molecule has 0 aromatic heterocycles. The van der Waals surface area contributed by atoms with Crippen LogP contribution in [0.25, 0.3) is 0 Å². The lowest BCUT2D eigenvalue weighted by Crippen LogP contribution is -2.40. The summed E-state index contributed by atoms with van der Waals surface area (Å²) in [6.07, 6.45) is 0.285. The van der Waals surface area contributed by atoms with Gasteiger partial charge in [-0.3, -0.25) is 0 Å². The molecule has 4 heteroatoms. The van der Waals surface area contributed by atoms with E-state index in [9.17, 15) is 5.11 Å². The first-order valence-corrected chi connectivity index (χ1v) is 4.67. The van der Waals surface area contributed by atoms with Crippen molar-refractivity contribution in [3.05, 3.63) is 0 Å². The van der Waals surface area contributed by atoms with Crippen LogP contribution in [0.1, 0.15) is 20.3 Å². The summed E-state index contributed by atoms with van der Waals surface area (Å²) in [5.74, 6) is 0. The van der Waals surface area contributed by atoms with Gasteiger partial charge < -0.3 is 19.7 Å². The van der Waals surface area contributed by atoms with Crippen molar-refractivity contribution in [1.29, 1.82) is 0 Å². The molecule has 0 amide bonds. The maximum absolute atomic E-state index is 9.86. The number of hydrogen-bond acceptors (Lipinski definition) is 4. The van der Waals surface area contributed by atoms with E-state index in [4.69, 9.17) is 14.6 Å². The van der Waals surface area contributed by atoms with E-state index in [-0.39, 0.29) is 26.2 Å². The highest BCUT2D eigenvalue weighted by Gasteiger charge is 2.26. The molecule has 4 nitrogen and oxygen atoms in total. The standard InChI is InChI=1S/C9H20O4/c1-3-12-7-9(11,5-6-10)8-13-4-2/h10-11H,3-8H2,1-2H3. The fourth-order valence-electron chi connectivity index (χ4n) is 0.978. The summed E-state index contributed by atoms with van der Waals surface area (Å²) in [7, 11) is 0. The fourth-order valence-corrected chi connectivity index (χ4v) is 0.978. The summed E-state index contributed by atoms with van der Waals surface area (Å²) in [6.45, 7) is 5.20. The van der Waals surface area contributed by atoms with Gasteiger partial charge in [0.25, 0.3) is 0 Å². The predicted molar refractivity (Wildman–Crippen MR) is 49.6 cm³/mol. The number of aliphatic hydroxyl groups is 2. The molecule has 0 saturated heterocycles. The largest absolute Gasteiger partial charge is 0.396 e. The molecule has 0 bridgehead atoms. The van der Waals surface area contributed by atoms with E-state index in [0.717, 1.165) is 0 Å². The molecule has 2 N–H and O–H groups in total. The van der Waals surface area contributed by atoms with Crippen LogP contribution in [0.5, 0.6) is 0 Å². The third-order valence-electron chi connectivity index (χ3n) is 1.73. The van der Waals surface area contributed by atoms with Crippen LogP contribution < -0.4 is 0 Å². The highest BCUT2D eigenvalue weighted by molar-refractivity contribution is 4.77. The number of rotatable bonds is 8. The first-order chi connectivity index (χ1) is 6.18. The molecule has 0 atom stereocenters. The lowest BCUT2D eigenvalue weighted by atomic mass is 10.0. The number of ether oxygens (including phenoxy) is 2. The Balaban J connectivity index is 3.84. The van der Waals surface area contributed by atoms with Gasteiger partial charge in [0.2, 0.25) is 0 Å². The van der Waals surface area contributed by atoms with E-state index in [1.165, 1.54) is 0 Å². The van der Waals surface area contributed by atoms with Crippen LogP contribution in [0.15, 0.2) is 0 Å². The zero-order valence-corrected chi connectivity index (χ0v) is 8.45. The van der Waals surface area contributed by atoms with E-state index in [2.05, 4.69) is 0 Å². The Morgan fingerprint density at radius 3 is 1.85 bits per heavy atom. The normalized spacial score (nSPS) is 12.0. The van der Waals surface area contributed by atoms with Gasteiger partial charge in [-0.15, -0.1) is 0 Å². The quantitative estimate of drug-likeness (QED) is 0.575. The average Bonchev–Trinajstić information content (AvgIpc) is 2.12. The Kier molecular flexibility index (Phi) is 7.17. The zero-order chi connectivity index (χ0) is 10.2. The number of aliphatic hydroxyl groups excluding tert-OH is 1. The Morgan fingerprint density at radius 2 is 1.54 bits per heavy atom. The van der Waals surface area contributed by atoms with Crippen molar-refractivity contribution >= 4 is 0 Å². The molecular formula is C9H20O4. The minimum Gasteiger partial charge on any atom is -0.396 e. The first-order valence-electron chi connectivity index (χ1n) is 4.67.